The van der Waals surface area contributed by atoms with Crippen molar-refractivity contribution in [2.24, 2.45) is 5.16 Å². The van der Waals surface area contributed by atoms with Gasteiger partial charge in [-0.25, -0.2) is 8.78 Å². The Morgan fingerprint density at radius 2 is 1.71 bits per heavy atom. The molecule has 0 unspecified atom stereocenters. The Labute approximate surface area is 204 Å². The second-order valence-corrected chi connectivity index (χ2v) is 9.36. The molecule has 7 heteroatoms. The van der Waals surface area contributed by atoms with Crippen LogP contribution < -0.4 is 5.56 Å². The molecule has 35 heavy (non-hydrogen) atoms. The normalized spacial score (nSPS) is 15.6. The summed E-state index contributed by atoms with van der Waals surface area (Å²) in [5, 5.41) is 4.38. The molecular formula is C28H31F2N3O2. The van der Waals surface area contributed by atoms with Gasteiger partial charge in [0.2, 0.25) is 0 Å². The van der Waals surface area contributed by atoms with Gasteiger partial charge in [-0.2, -0.15) is 0 Å². The van der Waals surface area contributed by atoms with Crippen LogP contribution in [0, 0.1) is 25.5 Å². The number of likely N-dealkylation sites (tertiary alicyclic amines) is 1. The number of hydrogen-bond donors (Lipinski definition) is 0. The van der Waals surface area contributed by atoms with Gasteiger partial charge < -0.3 is 9.74 Å². The highest BCUT2D eigenvalue weighted by molar-refractivity contribution is 6.12. The third-order valence-electron chi connectivity index (χ3n) is 6.55. The summed E-state index contributed by atoms with van der Waals surface area (Å²) in [7, 11) is 0. The molecule has 0 spiro atoms. The molecule has 1 aromatic heterocycles. The van der Waals surface area contributed by atoms with Crippen molar-refractivity contribution in [1.82, 2.24) is 9.47 Å². The average molecular weight is 480 g/mol. The summed E-state index contributed by atoms with van der Waals surface area (Å²) in [6.45, 7) is 10.00. The highest BCUT2D eigenvalue weighted by Crippen LogP contribution is 2.22. The van der Waals surface area contributed by atoms with Crippen molar-refractivity contribution in [3.05, 3.63) is 99.0 Å². The second kappa shape index (κ2) is 10.5. The first kappa shape index (κ1) is 24.8. The lowest BCUT2D eigenvalue weighted by Crippen LogP contribution is -2.40. The topological polar surface area (TPSA) is 46.8 Å². The monoisotopic (exact) mass is 479 g/mol. The zero-order valence-electron chi connectivity index (χ0n) is 20.6. The van der Waals surface area contributed by atoms with Gasteiger partial charge in [-0.1, -0.05) is 23.4 Å². The predicted octanol–water partition coefficient (Wildman–Crippen LogP) is 5.37. The molecule has 184 valence electrons. The van der Waals surface area contributed by atoms with E-state index in [2.05, 4.69) is 23.9 Å². The van der Waals surface area contributed by atoms with Crippen LogP contribution in [0.2, 0.25) is 0 Å². The molecule has 0 radical (unpaired) electrons. The van der Waals surface area contributed by atoms with Gasteiger partial charge in [-0.3, -0.25) is 9.36 Å². The summed E-state index contributed by atoms with van der Waals surface area (Å²) >= 11 is 0. The number of aromatic nitrogens is 1. The summed E-state index contributed by atoms with van der Waals surface area (Å²) in [4.78, 5) is 21.1. The van der Waals surface area contributed by atoms with Crippen LogP contribution in [0.3, 0.4) is 0 Å². The zero-order chi connectivity index (χ0) is 25.1. The fourth-order valence-electron chi connectivity index (χ4n) is 4.55. The lowest BCUT2D eigenvalue weighted by Gasteiger charge is -2.33. The zero-order valence-corrected chi connectivity index (χ0v) is 20.6. The maximum Gasteiger partial charge on any atom is 0.255 e. The van der Waals surface area contributed by atoms with Crippen LogP contribution in [0.1, 0.15) is 48.9 Å². The van der Waals surface area contributed by atoms with Crippen LogP contribution in [-0.2, 0) is 4.84 Å². The van der Waals surface area contributed by atoms with E-state index in [1.807, 2.05) is 32.0 Å². The molecule has 0 amide bonds. The van der Waals surface area contributed by atoms with Crippen molar-refractivity contribution in [3.8, 4) is 5.69 Å². The molecule has 0 atom stereocenters. The van der Waals surface area contributed by atoms with Gasteiger partial charge in [-0.05, 0) is 69.9 Å². The van der Waals surface area contributed by atoms with Gasteiger partial charge in [-0.15, -0.1) is 0 Å². The Balaban J connectivity index is 1.75. The summed E-state index contributed by atoms with van der Waals surface area (Å²) in [5.41, 5.74) is 3.24. The number of benzene rings is 2. The van der Waals surface area contributed by atoms with Crippen LogP contribution in [-0.4, -0.2) is 40.4 Å². The van der Waals surface area contributed by atoms with Gasteiger partial charge in [0.25, 0.3) is 5.56 Å². The number of aryl methyl sites for hydroxylation is 2. The molecule has 2 heterocycles. The van der Waals surface area contributed by atoms with Crippen molar-refractivity contribution in [3.63, 3.8) is 0 Å². The van der Waals surface area contributed by atoms with E-state index in [9.17, 15) is 13.6 Å². The van der Waals surface area contributed by atoms with E-state index in [1.165, 1.54) is 22.8 Å². The van der Waals surface area contributed by atoms with Crippen molar-refractivity contribution >= 4 is 5.71 Å². The van der Waals surface area contributed by atoms with Crippen LogP contribution >= 0.6 is 0 Å². The third kappa shape index (κ3) is 5.51. The van der Waals surface area contributed by atoms with Gasteiger partial charge >= 0.3 is 0 Å². The largest absolute Gasteiger partial charge is 0.392 e. The molecule has 3 aromatic rings. The first-order valence-corrected chi connectivity index (χ1v) is 12.0. The molecular weight excluding hydrogens is 448 g/mol. The Morgan fingerprint density at radius 3 is 2.34 bits per heavy atom. The summed E-state index contributed by atoms with van der Waals surface area (Å²) in [6, 6.07) is 12.7. The second-order valence-electron chi connectivity index (χ2n) is 9.36. The number of halogens is 2. The molecule has 1 aliphatic rings. The van der Waals surface area contributed by atoms with Gasteiger partial charge in [0.05, 0.1) is 5.69 Å². The number of hydrogen-bond acceptors (Lipinski definition) is 4. The molecule has 5 nitrogen and oxygen atoms in total. The van der Waals surface area contributed by atoms with Crippen molar-refractivity contribution in [1.29, 1.82) is 0 Å². The van der Waals surface area contributed by atoms with Crippen LogP contribution in [0.5, 0.6) is 0 Å². The van der Waals surface area contributed by atoms with E-state index in [-0.39, 0.29) is 22.9 Å². The van der Waals surface area contributed by atoms with E-state index < -0.39 is 11.6 Å². The lowest BCUT2D eigenvalue weighted by atomic mass is 10.0. The molecule has 0 bridgehead atoms. The highest BCUT2D eigenvalue weighted by atomic mass is 19.1. The van der Waals surface area contributed by atoms with Crippen LogP contribution in [0.4, 0.5) is 8.78 Å². The van der Waals surface area contributed by atoms with E-state index in [1.54, 1.807) is 12.3 Å². The summed E-state index contributed by atoms with van der Waals surface area (Å²) in [5.74, 6) is -1.42. The van der Waals surface area contributed by atoms with Crippen LogP contribution in [0.25, 0.3) is 5.69 Å². The van der Waals surface area contributed by atoms with E-state index in [4.69, 9.17) is 4.84 Å². The number of nitrogens with zero attached hydrogens (tertiary/aromatic N) is 3. The molecule has 1 aliphatic heterocycles. The first-order valence-electron chi connectivity index (χ1n) is 12.0. The third-order valence-corrected chi connectivity index (χ3v) is 6.55. The Bertz CT molecular complexity index is 1270. The SMILES string of the molecule is Cc1cccc(C)c1-n1cc(/C(=N\OC2CCN(C(C)C)CC2)c2ccc(F)cc2F)ccc1=O. The maximum atomic E-state index is 14.9. The summed E-state index contributed by atoms with van der Waals surface area (Å²) in [6.07, 6.45) is 3.16. The molecule has 0 aliphatic carbocycles. The Morgan fingerprint density at radius 1 is 1.03 bits per heavy atom. The maximum absolute atomic E-state index is 14.9. The minimum absolute atomic E-state index is 0.104. The predicted molar refractivity (Wildman–Crippen MR) is 134 cm³/mol. The van der Waals surface area contributed by atoms with Gasteiger partial charge in [0, 0.05) is 48.6 Å². The smallest absolute Gasteiger partial charge is 0.255 e. The number of oxime groups is 1. The van der Waals surface area contributed by atoms with E-state index in [0.717, 1.165) is 48.8 Å². The van der Waals surface area contributed by atoms with Crippen molar-refractivity contribution in [2.45, 2.75) is 52.7 Å². The van der Waals surface area contributed by atoms with Crippen molar-refractivity contribution < 1.29 is 13.6 Å². The van der Waals surface area contributed by atoms with Crippen molar-refractivity contribution in [2.75, 3.05) is 13.1 Å². The lowest BCUT2D eigenvalue weighted by molar-refractivity contribution is 0.00449. The fourth-order valence-corrected chi connectivity index (χ4v) is 4.55. The molecule has 1 saturated heterocycles. The standard InChI is InChI=1S/C28H31F2N3O2/c1-18(2)32-14-12-23(13-15-32)35-31-27(24-10-9-22(29)16-25(24)30)21-8-11-26(34)33(17-21)28-19(3)6-5-7-20(28)4/h5-11,16-18,23H,12-15H2,1-4H3/b31-27+. The molecule has 0 saturated carbocycles. The number of pyridine rings is 1. The highest BCUT2D eigenvalue weighted by Gasteiger charge is 2.23. The molecule has 1 fully saturated rings. The van der Waals surface area contributed by atoms with E-state index in [0.29, 0.717) is 11.6 Å². The number of rotatable bonds is 6. The summed E-state index contributed by atoms with van der Waals surface area (Å²) < 4.78 is 30.1. The van der Waals surface area contributed by atoms with Gasteiger partial charge in [0.15, 0.2) is 0 Å². The minimum atomic E-state index is -0.744. The number of para-hydroxylation sites is 1. The van der Waals surface area contributed by atoms with Gasteiger partial charge in [0.1, 0.15) is 23.5 Å². The van der Waals surface area contributed by atoms with E-state index >= 15 is 0 Å². The van der Waals surface area contributed by atoms with Crippen LogP contribution in [0.15, 0.2) is 64.7 Å². The number of piperidine rings is 1. The Hall–Kier alpha value is -3.32. The molecule has 0 N–H and O–H groups in total. The molecule has 2 aromatic carbocycles. The Kier molecular flexibility index (Phi) is 7.45. The minimum Gasteiger partial charge on any atom is -0.392 e. The first-order chi connectivity index (χ1) is 16.7. The quantitative estimate of drug-likeness (QED) is 0.353. The molecule has 4 rings (SSSR count). The average Bonchev–Trinajstić information content (AvgIpc) is 2.82. The fraction of sp³-hybridized carbons (Fsp3) is 0.357.